The zero-order valence-electron chi connectivity index (χ0n) is 10.5. The first-order valence-corrected chi connectivity index (χ1v) is 6.95. The Morgan fingerprint density at radius 1 is 1.45 bits per heavy atom. The summed E-state index contributed by atoms with van der Waals surface area (Å²) in [6.07, 6.45) is 3.00. The van der Waals surface area contributed by atoms with Crippen LogP contribution in [0.25, 0.3) is 0 Å². The smallest absolute Gasteiger partial charge is 0.137 e. The maximum atomic E-state index is 9.86. The van der Waals surface area contributed by atoms with E-state index in [4.69, 9.17) is 27.9 Å². The molecule has 0 amide bonds. The van der Waals surface area contributed by atoms with Crippen molar-refractivity contribution in [3.8, 4) is 0 Å². The average Bonchev–Trinajstić information content (AvgIpc) is 3.00. The van der Waals surface area contributed by atoms with Crippen LogP contribution in [-0.4, -0.2) is 32.6 Å². The van der Waals surface area contributed by atoms with Gasteiger partial charge in [0, 0.05) is 22.0 Å². The van der Waals surface area contributed by atoms with Crippen molar-refractivity contribution in [3.63, 3.8) is 0 Å². The minimum Gasteiger partial charge on any atom is -0.391 e. The van der Waals surface area contributed by atoms with E-state index < -0.39 is 11.7 Å². The summed E-state index contributed by atoms with van der Waals surface area (Å²) in [5, 5.41) is 15.0. The summed E-state index contributed by atoms with van der Waals surface area (Å²) in [5.41, 5.74) is 0.0880. The Labute approximate surface area is 126 Å². The lowest BCUT2D eigenvalue weighted by Gasteiger charge is -2.29. The van der Waals surface area contributed by atoms with Crippen molar-refractivity contribution >= 4 is 23.2 Å². The maximum Gasteiger partial charge on any atom is 0.137 e. The first-order chi connectivity index (χ1) is 9.59. The highest BCUT2D eigenvalue weighted by Crippen LogP contribution is 2.41. The van der Waals surface area contributed by atoms with Gasteiger partial charge in [0.15, 0.2) is 0 Å². The molecule has 0 saturated carbocycles. The number of ether oxygens (including phenoxy) is 1. The van der Waals surface area contributed by atoms with Gasteiger partial charge >= 0.3 is 0 Å². The van der Waals surface area contributed by atoms with Crippen molar-refractivity contribution in [1.29, 1.82) is 0 Å². The molecule has 0 aliphatic carbocycles. The third-order valence-corrected chi connectivity index (χ3v) is 3.97. The van der Waals surface area contributed by atoms with E-state index in [1.165, 1.54) is 6.33 Å². The van der Waals surface area contributed by atoms with Gasteiger partial charge in [0.2, 0.25) is 0 Å². The first-order valence-electron chi connectivity index (χ1n) is 6.19. The van der Waals surface area contributed by atoms with Crippen molar-refractivity contribution in [2.45, 2.75) is 24.7 Å². The van der Waals surface area contributed by atoms with E-state index in [1.807, 2.05) is 6.07 Å². The van der Waals surface area contributed by atoms with Crippen LogP contribution in [0.4, 0.5) is 0 Å². The fourth-order valence-corrected chi connectivity index (χ4v) is 3.15. The van der Waals surface area contributed by atoms with Gasteiger partial charge in [0.25, 0.3) is 0 Å². The van der Waals surface area contributed by atoms with Gasteiger partial charge < -0.3 is 9.84 Å². The molecule has 0 spiro atoms. The number of rotatable bonds is 3. The second-order valence-electron chi connectivity index (χ2n) is 4.88. The zero-order chi connectivity index (χ0) is 14.2. The molecule has 106 valence electrons. The molecule has 1 aromatic carbocycles. The summed E-state index contributed by atoms with van der Waals surface area (Å²) in [7, 11) is 0. The number of aliphatic hydroxyl groups excluding tert-OH is 1. The van der Waals surface area contributed by atoms with Crippen LogP contribution in [0.5, 0.6) is 0 Å². The molecule has 7 heteroatoms. The highest BCUT2D eigenvalue weighted by atomic mass is 35.5. The fourth-order valence-electron chi connectivity index (χ4n) is 2.57. The Hall–Kier alpha value is -1.14. The lowest BCUT2D eigenvalue weighted by molar-refractivity contribution is -0.0190. The van der Waals surface area contributed by atoms with E-state index in [0.717, 1.165) is 5.56 Å². The summed E-state index contributed by atoms with van der Waals surface area (Å²) in [4.78, 5) is 3.92. The number of nitrogens with zero attached hydrogens (tertiary/aromatic N) is 3. The molecule has 0 radical (unpaired) electrons. The monoisotopic (exact) mass is 313 g/mol. The van der Waals surface area contributed by atoms with Crippen LogP contribution >= 0.6 is 23.2 Å². The molecule has 5 nitrogen and oxygen atoms in total. The fraction of sp³-hybridized carbons (Fsp3) is 0.385. The second-order valence-corrected chi connectivity index (χ2v) is 5.72. The average molecular weight is 314 g/mol. The van der Waals surface area contributed by atoms with Crippen LogP contribution in [0, 0.1) is 0 Å². The topological polar surface area (TPSA) is 60.2 Å². The minimum atomic E-state index is -0.714. The highest BCUT2D eigenvalue weighted by Gasteiger charge is 2.43. The highest BCUT2D eigenvalue weighted by molar-refractivity contribution is 6.35. The molecule has 1 N–H and O–H groups in total. The van der Waals surface area contributed by atoms with Crippen LogP contribution in [-0.2, 0) is 16.9 Å². The summed E-state index contributed by atoms with van der Waals surface area (Å²) in [5.74, 6) is 0. The summed E-state index contributed by atoms with van der Waals surface area (Å²) in [6, 6.07) is 5.27. The molecule has 1 fully saturated rings. The van der Waals surface area contributed by atoms with Crippen LogP contribution in [0.3, 0.4) is 0 Å². The summed E-state index contributed by atoms with van der Waals surface area (Å²) in [6.45, 7) is 0.707. The van der Waals surface area contributed by atoms with Crippen LogP contribution in [0.15, 0.2) is 30.9 Å². The number of aromatic nitrogens is 3. The van der Waals surface area contributed by atoms with E-state index >= 15 is 0 Å². The lowest BCUT2D eigenvalue weighted by atomic mass is 9.90. The molecular weight excluding hydrogens is 301 g/mol. The van der Waals surface area contributed by atoms with Gasteiger partial charge in [0.1, 0.15) is 18.3 Å². The molecule has 1 aliphatic heterocycles. The normalized spacial score (nSPS) is 26.1. The van der Waals surface area contributed by atoms with Gasteiger partial charge in [-0.05, 0) is 12.1 Å². The summed E-state index contributed by atoms with van der Waals surface area (Å²) >= 11 is 12.2. The molecule has 2 atom stereocenters. The van der Waals surface area contributed by atoms with E-state index in [2.05, 4.69) is 10.1 Å². The predicted molar refractivity (Wildman–Crippen MR) is 74.7 cm³/mol. The second kappa shape index (κ2) is 5.33. The molecular formula is C13H13Cl2N3O2. The number of hydrogen-bond donors (Lipinski definition) is 1. The predicted octanol–water partition coefficient (Wildman–Crippen LogP) is 2.26. The van der Waals surface area contributed by atoms with Crippen molar-refractivity contribution in [2.24, 2.45) is 0 Å². The number of halogens is 2. The van der Waals surface area contributed by atoms with E-state index in [9.17, 15) is 5.11 Å². The van der Waals surface area contributed by atoms with Gasteiger partial charge in [-0.25, -0.2) is 9.67 Å². The van der Waals surface area contributed by atoms with Gasteiger partial charge in [-0.15, -0.1) is 0 Å². The SMILES string of the molecule is O[C@H]1CO[C@](Cn2cncn2)(c2ccc(Cl)cc2Cl)C1. The molecule has 1 aromatic heterocycles. The van der Waals surface area contributed by atoms with Gasteiger partial charge in [-0.1, -0.05) is 29.3 Å². The van der Waals surface area contributed by atoms with Crippen LogP contribution in [0.2, 0.25) is 10.0 Å². The van der Waals surface area contributed by atoms with Crippen molar-refractivity contribution < 1.29 is 9.84 Å². The number of aliphatic hydroxyl groups is 1. The Morgan fingerprint density at radius 3 is 2.90 bits per heavy atom. The quantitative estimate of drug-likeness (QED) is 0.944. The molecule has 3 rings (SSSR count). The molecule has 20 heavy (non-hydrogen) atoms. The molecule has 1 aliphatic rings. The van der Waals surface area contributed by atoms with Crippen LogP contribution in [0.1, 0.15) is 12.0 Å². The molecule has 1 saturated heterocycles. The molecule has 0 unspecified atom stereocenters. The summed E-state index contributed by atoms with van der Waals surface area (Å²) < 4.78 is 7.54. The Morgan fingerprint density at radius 2 is 2.30 bits per heavy atom. The number of hydrogen-bond acceptors (Lipinski definition) is 4. The third kappa shape index (κ3) is 2.54. The Bertz CT molecular complexity index is 606. The van der Waals surface area contributed by atoms with E-state index in [-0.39, 0.29) is 6.61 Å². The maximum absolute atomic E-state index is 9.86. The van der Waals surface area contributed by atoms with Crippen molar-refractivity contribution in [1.82, 2.24) is 14.8 Å². The van der Waals surface area contributed by atoms with Crippen LogP contribution < -0.4 is 0 Å². The molecule has 2 aromatic rings. The first kappa shape index (κ1) is 13.8. The molecule has 0 bridgehead atoms. The van der Waals surface area contributed by atoms with Gasteiger partial charge in [-0.2, -0.15) is 5.10 Å². The van der Waals surface area contributed by atoms with Crippen molar-refractivity contribution in [2.75, 3.05) is 6.61 Å². The Kier molecular flexibility index (Phi) is 3.69. The third-order valence-electron chi connectivity index (χ3n) is 3.42. The van der Waals surface area contributed by atoms with E-state index in [0.29, 0.717) is 23.0 Å². The van der Waals surface area contributed by atoms with Gasteiger partial charge in [-0.3, -0.25) is 0 Å². The standard InChI is InChI=1S/C13H13Cl2N3O2/c14-9-1-2-11(12(15)3-9)13(4-10(19)5-20-13)6-18-8-16-7-17-18/h1-3,7-8,10,19H,4-6H2/t10-,13-/m1/s1. The van der Waals surface area contributed by atoms with Gasteiger partial charge in [0.05, 0.1) is 19.3 Å². The van der Waals surface area contributed by atoms with Crippen molar-refractivity contribution in [3.05, 3.63) is 46.5 Å². The minimum absolute atomic E-state index is 0.271. The van der Waals surface area contributed by atoms with E-state index in [1.54, 1.807) is 23.1 Å². The Balaban J connectivity index is 2.01. The lowest BCUT2D eigenvalue weighted by Crippen LogP contribution is -2.32. The zero-order valence-corrected chi connectivity index (χ0v) is 12.1. The number of benzene rings is 1. The largest absolute Gasteiger partial charge is 0.391 e. The molecule has 2 heterocycles.